The lowest BCUT2D eigenvalue weighted by Crippen LogP contribution is -1.99. The number of ketones is 1. The van der Waals surface area contributed by atoms with Crippen LogP contribution in [0, 0.1) is 0 Å². The maximum atomic E-state index is 10.4. The first-order chi connectivity index (χ1) is 4.52. The molecule has 2 nitrogen and oxygen atoms in total. The molecule has 10 heavy (non-hydrogen) atoms. The highest BCUT2D eigenvalue weighted by molar-refractivity contribution is 5.87. The van der Waals surface area contributed by atoms with Crippen LogP contribution in [-0.2, 0) is 9.53 Å². The van der Waals surface area contributed by atoms with Crippen molar-refractivity contribution in [3.8, 4) is 0 Å². The number of rotatable bonds is 2. The van der Waals surface area contributed by atoms with Crippen LogP contribution in [0.5, 0.6) is 0 Å². The number of allylic oxidation sites excluding steroid dienone is 1. The Balaban J connectivity index is 2.37. The van der Waals surface area contributed by atoms with E-state index in [2.05, 4.69) is 0 Å². The molecule has 0 bridgehead atoms. The number of epoxide rings is 1. The van der Waals surface area contributed by atoms with E-state index >= 15 is 0 Å². The van der Waals surface area contributed by atoms with E-state index in [1.54, 1.807) is 6.08 Å². The molecule has 0 radical (unpaired) electrons. The average molecular weight is 140 g/mol. The smallest absolute Gasteiger partial charge is 0.152 e. The van der Waals surface area contributed by atoms with E-state index in [-0.39, 0.29) is 17.5 Å². The summed E-state index contributed by atoms with van der Waals surface area (Å²) in [5.41, 5.74) is -0.0358. The zero-order valence-corrected chi connectivity index (χ0v) is 6.55. The van der Waals surface area contributed by atoms with Crippen molar-refractivity contribution in [3.63, 3.8) is 0 Å². The van der Waals surface area contributed by atoms with Crippen molar-refractivity contribution in [1.29, 1.82) is 0 Å². The maximum Gasteiger partial charge on any atom is 0.152 e. The van der Waals surface area contributed by atoms with Crippen molar-refractivity contribution >= 4 is 5.78 Å². The summed E-state index contributed by atoms with van der Waals surface area (Å²) in [6, 6.07) is 0. The van der Waals surface area contributed by atoms with E-state index in [9.17, 15) is 4.79 Å². The third kappa shape index (κ3) is 1.67. The minimum absolute atomic E-state index is 0.0358. The molecule has 1 unspecified atom stereocenters. The molecular weight excluding hydrogens is 128 g/mol. The largest absolute Gasteiger partial charge is 0.362 e. The Morgan fingerprint density at radius 2 is 2.10 bits per heavy atom. The topological polar surface area (TPSA) is 29.6 Å². The summed E-state index contributed by atoms with van der Waals surface area (Å²) in [4.78, 5) is 10.4. The van der Waals surface area contributed by atoms with Crippen molar-refractivity contribution < 1.29 is 9.53 Å². The molecule has 0 saturated carbocycles. The predicted molar refractivity (Wildman–Crippen MR) is 38.8 cm³/mol. The second kappa shape index (κ2) is 2.20. The number of ether oxygens (including phenoxy) is 1. The molecule has 2 heteroatoms. The first-order valence-electron chi connectivity index (χ1n) is 3.39. The van der Waals surface area contributed by atoms with Crippen molar-refractivity contribution in [3.05, 3.63) is 12.2 Å². The predicted octanol–water partition coefficient (Wildman–Crippen LogP) is 1.31. The fourth-order valence-electron chi connectivity index (χ4n) is 0.787. The molecule has 0 aromatic heterocycles. The molecule has 1 aliphatic rings. The molecule has 1 saturated heterocycles. The summed E-state index contributed by atoms with van der Waals surface area (Å²) < 4.78 is 5.22. The summed E-state index contributed by atoms with van der Waals surface area (Å²) in [5.74, 6) is 0.0753. The second-order valence-corrected chi connectivity index (χ2v) is 3.11. The SMILES string of the molecule is CC(=O)/C=C/C1OC1(C)C. The molecule has 1 fully saturated rings. The Morgan fingerprint density at radius 1 is 1.60 bits per heavy atom. The molecule has 1 aliphatic heterocycles. The van der Waals surface area contributed by atoms with E-state index in [0.29, 0.717) is 0 Å². The summed E-state index contributed by atoms with van der Waals surface area (Å²) in [6.45, 7) is 5.54. The van der Waals surface area contributed by atoms with Crippen LogP contribution in [-0.4, -0.2) is 17.5 Å². The zero-order chi connectivity index (χ0) is 7.78. The normalized spacial score (nSPS) is 28.9. The Hall–Kier alpha value is -0.630. The second-order valence-electron chi connectivity index (χ2n) is 3.11. The van der Waals surface area contributed by atoms with Gasteiger partial charge in [0.15, 0.2) is 5.78 Å². The Morgan fingerprint density at radius 3 is 2.40 bits per heavy atom. The minimum Gasteiger partial charge on any atom is -0.362 e. The quantitative estimate of drug-likeness (QED) is 0.427. The third-order valence-electron chi connectivity index (χ3n) is 1.56. The van der Waals surface area contributed by atoms with Gasteiger partial charge in [0.25, 0.3) is 0 Å². The van der Waals surface area contributed by atoms with Crippen LogP contribution >= 0.6 is 0 Å². The van der Waals surface area contributed by atoms with Crippen LogP contribution in [0.15, 0.2) is 12.2 Å². The van der Waals surface area contributed by atoms with Crippen molar-refractivity contribution in [2.75, 3.05) is 0 Å². The molecule has 0 aromatic rings. The molecule has 1 heterocycles. The third-order valence-corrected chi connectivity index (χ3v) is 1.56. The number of hydrogen-bond donors (Lipinski definition) is 0. The number of carbonyl (C=O) groups excluding carboxylic acids is 1. The molecule has 0 N–H and O–H groups in total. The van der Waals surface area contributed by atoms with Gasteiger partial charge >= 0.3 is 0 Å². The van der Waals surface area contributed by atoms with E-state index < -0.39 is 0 Å². The van der Waals surface area contributed by atoms with Crippen molar-refractivity contribution in [2.24, 2.45) is 0 Å². The standard InChI is InChI=1S/C8H12O2/c1-6(9)4-5-7-8(2,3)10-7/h4-5,7H,1-3H3/b5-4+. The monoisotopic (exact) mass is 140 g/mol. The lowest BCUT2D eigenvalue weighted by atomic mass is 10.1. The average Bonchev–Trinajstić information content (AvgIpc) is 2.35. The summed E-state index contributed by atoms with van der Waals surface area (Å²) in [7, 11) is 0. The fraction of sp³-hybridized carbons (Fsp3) is 0.625. The molecule has 0 aromatic carbocycles. The highest BCUT2D eigenvalue weighted by Gasteiger charge is 2.45. The van der Waals surface area contributed by atoms with Crippen LogP contribution in [0.25, 0.3) is 0 Å². The fourth-order valence-corrected chi connectivity index (χ4v) is 0.787. The molecule has 0 spiro atoms. The Bertz CT molecular complexity index is 180. The number of hydrogen-bond acceptors (Lipinski definition) is 2. The summed E-state index contributed by atoms with van der Waals surface area (Å²) in [5, 5.41) is 0. The molecular formula is C8H12O2. The van der Waals surface area contributed by atoms with Gasteiger partial charge in [-0.25, -0.2) is 0 Å². The van der Waals surface area contributed by atoms with Gasteiger partial charge in [0, 0.05) is 0 Å². The van der Waals surface area contributed by atoms with Gasteiger partial charge in [-0.3, -0.25) is 4.79 Å². The molecule has 56 valence electrons. The van der Waals surface area contributed by atoms with Gasteiger partial charge in [0.1, 0.15) is 6.10 Å². The van der Waals surface area contributed by atoms with Gasteiger partial charge in [-0.15, -0.1) is 0 Å². The first kappa shape index (κ1) is 7.48. The lowest BCUT2D eigenvalue weighted by molar-refractivity contribution is -0.112. The van der Waals surface area contributed by atoms with Crippen molar-refractivity contribution in [1.82, 2.24) is 0 Å². The maximum absolute atomic E-state index is 10.4. The van der Waals surface area contributed by atoms with Gasteiger partial charge in [0.2, 0.25) is 0 Å². The van der Waals surface area contributed by atoms with Crippen molar-refractivity contribution in [2.45, 2.75) is 32.5 Å². The van der Waals surface area contributed by atoms with E-state index in [1.165, 1.54) is 6.92 Å². The van der Waals surface area contributed by atoms with Gasteiger partial charge in [-0.05, 0) is 32.9 Å². The summed E-state index contributed by atoms with van der Waals surface area (Å²) >= 11 is 0. The lowest BCUT2D eigenvalue weighted by Gasteiger charge is -1.87. The number of carbonyl (C=O) groups is 1. The molecule has 0 amide bonds. The minimum atomic E-state index is -0.0358. The van der Waals surface area contributed by atoms with Gasteiger partial charge < -0.3 is 4.74 Å². The van der Waals surface area contributed by atoms with Gasteiger partial charge in [0.05, 0.1) is 5.60 Å². The Labute approximate surface area is 60.9 Å². The van der Waals surface area contributed by atoms with Gasteiger partial charge in [-0.1, -0.05) is 0 Å². The highest BCUT2D eigenvalue weighted by atomic mass is 16.6. The zero-order valence-electron chi connectivity index (χ0n) is 6.55. The van der Waals surface area contributed by atoms with Crippen LogP contribution in [0.3, 0.4) is 0 Å². The van der Waals surface area contributed by atoms with E-state index in [0.717, 1.165) is 0 Å². The van der Waals surface area contributed by atoms with Crippen LogP contribution in [0.2, 0.25) is 0 Å². The summed E-state index contributed by atoms with van der Waals surface area (Å²) in [6.07, 6.45) is 3.51. The molecule has 1 atom stereocenters. The highest BCUT2D eigenvalue weighted by Crippen LogP contribution is 2.35. The van der Waals surface area contributed by atoms with E-state index in [4.69, 9.17) is 4.74 Å². The van der Waals surface area contributed by atoms with Crippen LogP contribution < -0.4 is 0 Å². The van der Waals surface area contributed by atoms with Gasteiger partial charge in [-0.2, -0.15) is 0 Å². The molecule has 0 aliphatic carbocycles. The van der Waals surface area contributed by atoms with Crippen LogP contribution in [0.4, 0.5) is 0 Å². The van der Waals surface area contributed by atoms with Crippen LogP contribution in [0.1, 0.15) is 20.8 Å². The molecule has 1 rings (SSSR count). The first-order valence-corrected chi connectivity index (χ1v) is 3.39. The van der Waals surface area contributed by atoms with E-state index in [1.807, 2.05) is 19.9 Å². The Kier molecular flexibility index (Phi) is 1.65.